The second kappa shape index (κ2) is 10.4. The third-order valence-electron chi connectivity index (χ3n) is 5.58. The molecule has 0 fully saturated rings. The molecule has 0 amide bonds. The van der Waals surface area contributed by atoms with Crippen molar-refractivity contribution in [1.82, 2.24) is 0 Å². The van der Waals surface area contributed by atoms with Gasteiger partial charge in [0.2, 0.25) is 0 Å². The highest BCUT2D eigenvalue weighted by Crippen LogP contribution is 2.50. The molecule has 1 aliphatic rings. The van der Waals surface area contributed by atoms with Crippen LogP contribution >= 0.6 is 27.5 Å². The lowest BCUT2D eigenvalue weighted by molar-refractivity contribution is -0.143. The van der Waals surface area contributed by atoms with Gasteiger partial charge in [0.25, 0.3) is 0 Å². The Labute approximate surface area is 218 Å². The summed E-state index contributed by atoms with van der Waals surface area (Å²) in [5, 5.41) is 11.1. The zero-order valence-corrected chi connectivity index (χ0v) is 23.2. The van der Waals surface area contributed by atoms with Crippen LogP contribution in [0.5, 0.6) is 23.0 Å². The van der Waals surface area contributed by atoms with Gasteiger partial charge in [0.15, 0.2) is 11.5 Å². The van der Waals surface area contributed by atoms with Crippen molar-refractivity contribution < 1.29 is 33.6 Å². The number of halogens is 2. The fourth-order valence-corrected chi connectivity index (χ4v) is 4.45. The van der Waals surface area contributed by atoms with Gasteiger partial charge in [-0.2, -0.15) is 0 Å². The van der Waals surface area contributed by atoms with Gasteiger partial charge in [0, 0.05) is 5.56 Å². The quantitative estimate of drug-likeness (QED) is 0.309. The van der Waals surface area contributed by atoms with Crippen LogP contribution in [0.1, 0.15) is 74.2 Å². The number of rotatable bonds is 5. The Morgan fingerprint density at radius 3 is 2.49 bits per heavy atom. The summed E-state index contributed by atoms with van der Waals surface area (Å²) in [6.07, 6.45) is -0.377. The minimum absolute atomic E-state index is 0.0272. The summed E-state index contributed by atoms with van der Waals surface area (Å²) in [5.41, 5.74) is 0.665. The normalized spacial score (nSPS) is 14.2. The Morgan fingerprint density at radius 2 is 1.91 bits per heavy atom. The standard InChI is InChI=1S/C26H30BrClO7/c1-12(2)10-16(29)14-8-9-17-18(21(14)32-7)24(30)33-11-15-20(28)13(3)19(27)23(22(15)34-17)35-25(31)26(4,5)6/h8-9,12,16,29H,10-11H2,1-7H3/t16-/m0/s1. The van der Waals surface area contributed by atoms with Gasteiger partial charge in [-0.15, -0.1) is 0 Å². The van der Waals surface area contributed by atoms with E-state index in [1.807, 2.05) is 13.8 Å². The molecular formula is C26H30BrClO7. The molecular weight excluding hydrogens is 540 g/mol. The molecule has 0 aromatic heterocycles. The van der Waals surface area contributed by atoms with Crippen molar-refractivity contribution in [2.24, 2.45) is 11.3 Å². The first-order chi connectivity index (χ1) is 16.3. The highest BCUT2D eigenvalue weighted by Gasteiger charge is 2.34. The molecule has 2 aromatic rings. The van der Waals surface area contributed by atoms with E-state index < -0.39 is 23.5 Å². The van der Waals surface area contributed by atoms with E-state index in [0.717, 1.165) is 0 Å². The highest BCUT2D eigenvalue weighted by atomic mass is 79.9. The van der Waals surface area contributed by atoms with Crippen LogP contribution in [0.4, 0.5) is 0 Å². The van der Waals surface area contributed by atoms with Crippen molar-refractivity contribution in [3.05, 3.63) is 43.9 Å². The average molecular weight is 570 g/mol. The molecule has 0 bridgehead atoms. The summed E-state index contributed by atoms with van der Waals surface area (Å²) in [6.45, 7) is 10.7. The number of hydrogen-bond donors (Lipinski definition) is 1. The Balaban J connectivity index is 2.23. The van der Waals surface area contributed by atoms with Crippen LogP contribution in [0.25, 0.3) is 0 Å². The van der Waals surface area contributed by atoms with Crippen molar-refractivity contribution in [3.8, 4) is 23.0 Å². The van der Waals surface area contributed by atoms with Gasteiger partial charge in [0.05, 0.1) is 33.7 Å². The molecule has 0 unspecified atom stereocenters. The summed E-state index contributed by atoms with van der Waals surface area (Å²) in [7, 11) is 1.41. The van der Waals surface area contributed by atoms with Crippen molar-refractivity contribution >= 4 is 39.5 Å². The molecule has 1 atom stereocenters. The van der Waals surface area contributed by atoms with Gasteiger partial charge >= 0.3 is 11.9 Å². The Kier molecular flexibility index (Phi) is 8.09. The van der Waals surface area contributed by atoms with Gasteiger partial charge < -0.3 is 24.1 Å². The molecule has 35 heavy (non-hydrogen) atoms. The van der Waals surface area contributed by atoms with Crippen molar-refractivity contribution in [2.75, 3.05) is 7.11 Å². The fraction of sp³-hybridized carbons (Fsp3) is 0.462. The van der Waals surface area contributed by atoms with Gasteiger partial charge in [0.1, 0.15) is 23.7 Å². The van der Waals surface area contributed by atoms with Crippen molar-refractivity contribution in [2.45, 2.75) is 60.7 Å². The number of aliphatic hydroxyl groups excluding tert-OH is 1. The van der Waals surface area contributed by atoms with E-state index in [0.29, 0.717) is 32.6 Å². The molecule has 0 saturated heterocycles. The SMILES string of the molecule is COc1c([C@@H](O)CC(C)C)ccc2c1C(=O)OCc1c(Cl)c(C)c(Br)c(OC(=O)C(C)(C)C)c1O2. The van der Waals surface area contributed by atoms with Gasteiger partial charge in [-0.25, -0.2) is 4.79 Å². The van der Waals surface area contributed by atoms with Crippen LogP contribution in [0.2, 0.25) is 5.02 Å². The molecule has 1 aliphatic heterocycles. The summed E-state index contributed by atoms with van der Waals surface area (Å²) in [5.74, 6) is -0.386. The van der Waals surface area contributed by atoms with Crippen LogP contribution in [-0.2, 0) is 16.1 Å². The molecule has 0 saturated carbocycles. The first kappa shape index (κ1) is 27.3. The van der Waals surface area contributed by atoms with Crippen molar-refractivity contribution in [1.29, 1.82) is 0 Å². The fourth-order valence-electron chi connectivity index (χ4n) is 3.64. The molecule has 0 aliphatic carbocycles. The Hall–Kier alpha value is -2.29. The number of carbonyl (C=O) groups is 2. The van der Waals surface area contributed by atoms with Gasteiger partial charge in [-0.3, -0.25) is 4.79 Å². The summed E-state index contributed by atoms with van der Waals surface area (Å²) in [6, 6.07) is 3.20. The van der Waals surface area contributed by atoms with Crippen LogP contribution in [-0.4, -0.2) is 24.2 Å². The van der Waals surface area contributed by atoms with Crippen LogP contribution in [0.15, 0.2) is 16.6 Å². The maximum Gasteiger partial charge on any atom is 0.346 e. The third-order valence-corrected chi connectivity index (χ3v) is 7.05. The molecule has 9 heteroatoms. The average Bonchev–Trinajstić information content (AvgIpc) is 2.76. The van der Waals surface area contributed by atoms with Crippen molar-refractivity contribution in [3.63, 3.8) is 0 Å². The molecule has 0 radical (unpaired) electrons. The number of methoxy groups -OCH3 is 1. The summed E-state index contributed by atoms with van der Waals surface area (Å²) >= 11 is 10.1. The minimum atomic E-state index is -0.852. The Bertz CT molecular complexity index is 1170. The predicted octanol–water partition coefficient (Wildman–Crippen LogP) is 6.91. The van der Waals surface area contributed by atoms with Crippen LogP contribution < -0.4 is 14.2 Å². The molecule has 3 rings (SSSR count). The van der Waals surface area contributed by atoms with E-state index in [4.69, 9.17) is 30.5 Å². The second-order valence-corrected chi connectivity index (χ2v) is 11.1. The predicted molar refractivity (Wildman–Crippen MR) is 136 cm³/mol. The van der Waals surface area contributed by atoms with E-state index in [1.54, 1.807) is 39.8 Å². The van der Waals surface area contributed by atoms with E-state index >= 15 is 0 Å². The number of cyclic esters (lactones) is 1. The highest BCUT2D eigenvalue weighted by molar-refractivity contribution is 9.10. The minimum Gasteiger partial charge on any atom is -0.495 e. The number of ether oxygens (including phenoxy) is 4. The smallest absolute Gasteiger partial charge is 0.346 e. The molecule has 1 N–H and O–H groups in total. The first-order valence-electron chi connectivity index (χ1n) is 11.2. The van der Waals surface area contributed by atoms with E-state index in [9.17, 15) is 14.7 Å². The van der Waals surface area contributed by atoms with E-state index in [2.05, 4.69) is 15.9 Å². The van der Waals surface area contributed by atoms with Gasteiger partial charge in [-0.1, -0.05) is 25.4 Å². The van der Waals surface area contributed by atoms with Crippen LogP contribution in [0.3, 0.4) is 0 Å². The van der Waals surface area contributed by atoms with E-state index in [-0.39, 0.29) is 41.1 Å². The maximum absolute atomic E-state index is 13.1. The number of benzene rings is 2. The molecule has 190 valence electrons. The molecule has 1 heterocycles. The zero-order valence-electron chi connectivity index (χ0n) is 20.9. The number of esters is 2. The maximum atomic E-state index is 13.1. The molecule has 2 aromatic carbocycles. The monoisotopic (exact) mass is 568 g/mol. The summed E-state index contributed by atoms with van der Waals surface area (Å²) < 4.78 is 23.6. The number of hydrogen-bond acceptors (Lipinski definition) is 7. The van der Waals surface area contributed by atoms with Gasteiger partial charge in [-0.05, 0) is 73.7 Å². The third kappa shape index (κ3) is 5.44. The first-order valence-corrected chi connectivity index (χ1v) is 12.4. The number of carbonyl (C=O) groups excluding carboxylic acids is 2. The second-order valence-electron chi connectivity index (χ2n) is 9.91. The van der Waals surface area contributed by atoms with Crippen LogP contribution in [0, 0.1) is 18.3 Å². The Morgan fingerprint density at radius 1 is 1.26 bits per heavy atom. The molecule has 7 nitrogen and oxygen atoms in total. The lowest BCUT2D eigenvalue weighted by atomic mass is 9.96. The summed E-state index contributed by atoms with van der Waals surface area (Å²) in [4.78, 5) is 25.9. The topological polar surface area (TPSA) is 91.3 Å². The lowest BCUT2D eigenvalue weighted by Crippen LogP contribution is -2.26. The number of aliphatic hydroxyl groups is 1. The lowest BCUT2D eigenvalue weighted by Gasteiger charge is -2.26. The zero-order chi connectivity index (χ0) is 26.2. The van der Waals surface area contributed by atoms with E-state index in [1.165, 1.54) is 7.11 Å². The largest absolute Gasteiger partial charge is 0.495 e. The number of fused-ring (bicyclic) bond motifs is 2. The molecule has 0 spiro atoms.